The Bertz CT molecular complexity index is 1410. The normalized spacial score (nSPS) is 14.9. The predicted molar refractivity (Wildman–Crippen MR) is 123 cm³/mol. The van der Waals surface area contributed by atoms with E-state index in [0.29, 0.717) is 59.8 Å². The van der Waals surface area contributed by atoms with Crippen molar-refractivity contribution in [3.63, 3.8) is 0 Å². The van der Waals surface area contributed by atoms with Crippen LogP contribution in [-0.2, 0) is 14.8 Å². The van der Waals surface area contributed by atoms with Crippen LogP contribution in [0.25, 0.3) is 11.0 Å². The number of nitrogens with zero attached hydrogens (tertiary/aromatic N) is 3. The number of aromatic nitrogens is 3. The lowest BCUT2D eigenvalue weighted by Gasteiger charge is -2.26. The third-order valence-corrected chi connectivity index (χ3v) is 7.36. The minimum atomic E-state index is -3.63. The molecule has 3 aromatic heterocycles. The smallest absolute Gasteiger partial charge is 0.243 e. The maximum absolute atomic E-state index is 13.1. The lowest BCUT2D eigenvalue weighted by Crippen LogP contribution is -2.40. The molecule has 168 valence electrons. The Balaban J connectivity index is 1.50. The van der Waals surface area contributed by atoms with Crippen LogP contribution in [0.4, 0.5) is 11.4 Å². The van der Waals surface area contributed by atoms with Gasteiger partial charge in [-0.3, -0.25) is 9.78 Å². The number of morpholine rings is 1. The second-order valence-electron chi connectivity index (χ2n) is 7.52. The Morgan fingerprint density at radius 1 is 1.09 bits per heavy atom. The van der Waals surface area contributed by atoms with E-state index in [4.69, 9.17) is 4.74 Å². The topological polar surface area (TPSA) is 117 Å². The second-order valence-corrected chi connectivity index (χ2v) is 9.46. The molecule has 33 heavy (non-hydrogen) atoms. The first-order valence-electron chi connectivity index (χ1n) is 10.4. The third-order valence-electron chi connectivity index (χ3n) is 5.46. The highest BCUT2D eigenvalue weighted by Crippen LogP contribution is 2.30. The van der Waals surface area contributed by atoms with Gasteiger partial charge in [-0.25, -0.2) is 13.4 Å². The summed E-state index contributed by atoms with van der Waals surface area (Å²) in [5.74, 6) is -0.186. The van der Waals surface area contributed by atoms with E-state index in [-0.39, 0.29) is 10.7 Å². The minimum Gasteiger partial charge on any atom is -0.379 e. The number of nitrogens with one attached hydrogen (secondary N) is 2. The van der Waals surface area contributed by atoms with Crippen molar-refractivity contribution >= 4 is 38.2 Å². The molecule has 1 aromatic carbocycles. The number of ether oxygens (including phenoxy) is 1. The zero-order chi connectivity index (χ0) is 22.8. The number of hydrogen-bond donors (Lipinski definition) is 2. The van der Waals surface area contributed by atoms with E-state index in [0.717, 1.165) is 0 Å². The van der Waals surface area contributed by atoms with Gasteiger partial charge in [-0.05, 0) is 36.4 Å². The van der Waals surface area contributed by atoms with Crippen LogP contribution in [0.5, 0.6) is 0 Å². The van der Waals surface area contributed by atoms with Gasteiger partial charge in [0.25, 0.3) is 0 Å². The van der Waals surface area contributed by atoms with Crippen LogP contribution in [0.3, 0.4) is 0 Å². The van der Waals surface area contributed by atoms with Crippen molar-refractivity contribution in [3.05, 3.63) is 78.4 Å². The Kier molecular flexibility index (Phi) is 5.63. The van der Waals surface area contributed by atoms with Crippen molar-refractivity contribution in [3.8, 4) is 0 Å². The van der Waals surface area contributed by atoms with Crippen LogP contribution < -0.4 is 5.32 Å². The first-order chi connectivity index (χ1) is 16.0. The largest absolute Gasteiger partial charge is 0.379 e. The van der Waals surface area contributed by atoms with E-state index in [9.17, 15) is 13.2 Å². The number of carbonyl (C=O) groups is 1. The molecule has 1 aliphatic heterocycles. The number of benzene rings is 1. The minimum absolute atomic E-state index is 0.186. The van der Waals surface area contributed by atoms with Gasteiger partial charge in [-0.2, -0.15) is 4.31 Å². The predicted octanol–water partition coefficient (Wildman–Crippen LogP) is 2.95. The highest BCUT2D eigenvalue weighted by molar-refractivity contribution is 7.89. The molecule has 2 N–H and O–H groups in total. The SMILES string of the molecule is O=C(c1cccnc1)c1c[nH]c2nccc(Nc3cccc(S(=O)(=O)N4CCOCC4)c3)c12. The summed E-state index contributed by atoms with van der Waals surface area (Å²) in [6.07, 6.45) is 6.37. The van der Waals surface area contributed by atoms with E-state index in [2.05, 4.69) is 20.3 Å². The third kappa shape index (κ3) is 4.11. The molecule has 0 amide bonds. The lowest BCUT2D eigenvalue weighted by atomic mass is 10.0. The molecule has 0 atom stereocenters. The van der Waals surface area contributed by atoms with E-state index in [1.165, 1.54) is 10.5 Å². The second kappa shape index (κ2) is 8.74. The Labute approximate surface area is 190 Å². The molecule has 1 fully saturated rings. The van der Waals surface area contributed by atoms with Crippen molar-refractivity contribution < 1.29 is 17.9 Å². The molecule has 4 aromatic rings. The van der Waals surface area contributed by atoms with Gasteiger partial charge in [0.2, 0.25) is 10.0 Å². The maximum atomic E-state index is 13.1. The lowest BCUT2D eigenvalue weighted by molar-refractivity contribution is 0.0730. The van der Waals surface area contributed by atoms with Crippen LogP contribution in [0.15, 0.2) is 72.1 Å². The van der Waals surface area contributed by atoms with Crippen molar-refractivity contribution in [2.24, 2.45) is 0 Å². The average Bonchev–Trinajstić information content (AvgIpc) is 3.30. The number of carbonyl (C=O) groups excluding carboxylic acids is 1. The molecule has 0 bridgehead atoms. The highest BCUT2D eigenvalue weighted by Gasteiger charge is 2.26. The number of hydrogen-bond acceptors (Lipinski definition) is 7. The summed E-state index contributed by atoms with van der Waals surface area (Å²) in [6, 6.07) is 11.8. The molecule has 1 aliphatic rings. The molecule has 10 heteroatoms. The maximum Gasteiger partial charge on any atom is 0.243 e. The summed E-state index contributed by atoms with van der Waals surface area (Å²) in [5.41, 5.74) is 2.68. The van der Waals surface area contributed by atoms with Crippen molar-refractivity contribution in [2.75, 3.05) is 31.6 Å². The van der Waals surface area contributed by atoms with Crippen LogP contribution >= 0.6 is 0 Å². The van der Waals surface area contributed by atoms with Gasteiger partial charge in [0.15, 0.2) is 5.78 Å². The number of fused-ring (bicyclic) bond motifs is 1. The fourth-order valence-corrected chi connectivity index (χ4v) is 5.27. The Hall–Kier alpha value is -3.60. The quantitative estimate of drug-likeness (QED) is 0.422. The number of sulfonamides is 1. The van der Waals surface area contributed by atoms with Crippen molar-refractivity contribution in [1.82, 2.24) is 19.3 Å². The van der Waals surface area contributed by atoms with Gasteiger partial charge >= 0.3 is 0 Å². The summed E-state index contributed by atoms with van der Waals surface area (Å²) in [7, 11) is -3.63. The summed E-state index contributed by atoms with van der Waals surface area (Å²) in [4.78, 5) is 24.7. The number of H-pyrrole nitrogens is 1. The molecule has 0 radical (unpaired) electrons. The molecule has 0 aliphatic carbocycles. The van der Waals surface area contributed by atoms with Crippen LogP contribution in [0, 0.1) is 0 Å². The van der Waals surface area contributed by atoms with Crippen LogP contribution in [0.2, 0.25) is 0 Å². The molecule has 0 unspecified atom stereocenters. The van der Waals surface area contributed by atoms with Gasteiger partial charge in [0, 0.05) is 49.1 Å². The zero-order valence-corrected chi connectivity index (χ0v) is 18.4. The Morgan fingerprint density at radius 2 is 1.94 bits per heavy atom. The zero-order valence-electron chi connectivity index (χ0n) is 17.6. The van der Waals surface area contributed by atoms with Gasteiger partial charge < -0.3 is 15.0 Å². The first kappa shape index (κ1) is 21.3. The van der Waals surface area contributed by atoms with Gasteiger partial charge in [-0.1, -0.05) is 6.07 Å². The van der Waals surface area contributed by atoms with E-state index in [1.807, 2.05) is 0 Å². The van der Waals surface area contributed by atoms with Crippen molar-refractivity contribution in [1.29, 1.82) is 0 Å². The van der Waals surface area contributed by atoms with Gasteiger partial charge in [-0.15, -0.1) is 0 Å². The molecule has 9 nitrogen and oxygen atoms in total. The standard InChI is InChI=1S/C23H21N5O4S/c29-22(16-3-2-7-24-14-16)19-15-26-23-21(19)20(6-8-25-23)27-17-4-1-5-18(13-17)33(30,31)28-9-11-32-12-10-28/h1-8,13-15H,9-12H2,(H2,25,26,27). The number of pyridine rings is 2. The molecular formula is C23H21N5O4S. The summed E-state index contributed by atoms with van der Waals surface area (Å²) < 4.78 is 32.8. The number of rotatable bonds is 6. The molecule has 0 spiro atoms. The van der Waals surface area contributed by atoms with Gasteiger partial charge in [0.1, 0.15) is 5.65 Å². The monoisotopic (exact) mass is 463 g/mol. The van der Waals surface area contributed by atoms with E-state index < -0.39 is 10.0 Å². The molecular weight excluding hydrogens is 442 g/mol. The summed E-state index contributed by atoms with van der Waals surface area (Å²) >= 11 is 0. The molecule has 5 rings (SSSR count). The van der Waals surface area contributed by atoms with E-state index in [1.54, 1.807) is 61.1 Å². The average molecular weight is 464 g/mol. The fourth-order valence-electron chi connectivity index (χ4n) is 3.82. The number of aromatic amines is 1. The van der Waals surface area contributed by atoms with Crippen molar-refractivity contribution in [2.45, 2.75) is 4.90 Å². The van der Waals surface area contributed by atoms with Crippen LogP contribution in [-0.4, -0.2) is 59.8 Å². The number of ketones is 1. The summed E-state index contributed by atoms with van der Waals surface area (Å²) in [5, 5.41) is 3.88. The van der Waals surface area contributed by atoms with Gasteiger partial charge in [0.05, 0.1) is 34.7 Å². The molecule has 1 saturated heterocycles. The first-order valence-corrected chi connectivity index (χ1v) is 11.8. The molecule has 4 heterocycles. The Morgan fingerprint density at radius 3 is 2.73 bits per heavy atom. The number of anilines is 2. The summed E-state index contributed by atoms with van der Waals surface area (Å²) in [6.45, 7) is 1.42. The van der Waals surface area contributed by atoms with Crippen LogP contribution in [0.1, 0.15) is 15.9 Å². The molecule has 0 saturated carbocycles. The van der Waals surface area contributed by atoms with E-state index >= 15 is 0 Å². The highest BCUT2D eigenvalue weighted by atomic mass is 32.2. The fraction of sp³-hybridized carbons (Fsp3) is 0.174.